The third-order valence-corrected chi connectivity index (χ3v) is 6.56. The van der Waals surface area contributed by atoms with E-state index < -0.39 is 5.41 Å². The molecule has 1 atom stereocenters. The molecule has 1 aliphatic heterocycles. The topological polar surface area (TPSA) is 52.7 Å². The number of rotatable bonds is 6. The van der Waals surface area contributed by atoms with Gasteiger partial charge in [0.15, 0.2) is 0 Å². The highest BCUT2D eigenvalue weighted by molar-refractivity contribution is 5.95. The van der Waals surface area contributed by atoms with Crippen molar-refractivity contribution in [2.45, 2.75) is 12.8 Å². The lowest BCUT2D eigenvalue weighted by Crippen LogP contribution is -2.44. The molecule has 3 aromatic rings. The Kier molecular flexibility index (Phi) is 6.50. The van der Waals surface area contributed by atoms with Crippen LogP contribution in [0, 0.1) is 5.41 Å². The monoisotopic (exact) mass is 441 g/mol. The van der Waals surface area contributed by atoms with Gasteiger partial charge in [-0.05, 0) is 53.8 Å². The minimum absolute atomic E-state index is 0.00845. The Morgan fingerprint density at radius 1 is 0.939 bits per heavy atom. The molecule has 1 fully saturated rings. The van der Waals surface area contributed by atoms with Crippen LogP contribution in [-0.2, 0) is 11.2 Å². The zero-order valence-electron chi connectivity index (χ0n) is 19.5. The van der Waals surface area contributed by atoms with E-state index in [0.29, 0.717) is 31.5 Å². The lowest BCUT2D eigenvalue weighted by molar-refractivity contribution is -0.129. The van der Waals surface area contributed by atoms with Crippen molar-refractivity contribution >= 4 is 17.5 Å². The Morgan fingerprint density at radius 3 is 2.30 bits per heavy atom. The van der Waals surface area contributed by atoms with Crippen molar-refractivity contribution in [2.75, 3.05) is 39.1 Å². The predicted molar refractivity (Wildman–Crippen MR) is 133 cm³/mol. The summed E-state index contributed by atoms with van der Waals surface area (Å²) in [6.07, 6.45) is 1.24. The molecule has 0 spiro atoms. The Labute approximate surface area is 196 Å². The van der Waals surface area contributed by atoms with Crippen LogP contribution in [0.4, 0.5) is 5.69 Å². The van der Waals surface area contributed by atoms with Gasteiger partial charge < -0.3 is 15.1 Å². The average molecular weight is 442 g/mol. The highest BCUT2D eigenvalue weighted by Crippen LogP contribution is 2.36. The standard InChI is InChI=1S/C28H31N3O2/c1-29-27(33)28(19-21-8-7-11-24(18-21)22-9-5-4-6-10-22)16-17-31(20-28)26(32)23-12-14-25(15-13-23)30(2)3/h4-15,18H,16-17,19-20H2,1-3H3,(H,29,33)/t28-/m1/s1. The van der Waals surface area contributed by atoms with Crippen molar-refractivity contribution in [2.24, 2.45) is 5.41 Å². The molecule has 1 aliphatic rings. The molecular weight excluding hydrogens is 410 g/mol. The molecule has 1 saturated heterocycles. The van der Waals surface area contributed by atoms with Crippen molar-refractivity contribution < 1.29 is 9.59 Å². The van der Waals surface area contributed by atoms with E-state index in [1.54, 1.807) is 7.05 Å². The lowest BCUT2D eigenvalue weighted by Gasteiger charge is -2.28. The molecule has 0 bridgehead atoms. The zero-order chi connectivity index (χ0) is 23.4. The van der Waals surface area contributed by atoms with Crippen LogP contribution in [0.2, 0.25) is 0 Å². The van der Waals surface area contributed by atoms with Gasteiger partial charge in [-0.15, -0.1) is 0 Å². The molecule has 170 valence electrons. The third kappa shape index (κ3) is 4.77. The molecule has 2 amide bonds. The first kappa shape index (κ1) is 22.6. The molecule has 0 unspecified atom stereocenters. The van der Waals surface area contributed by atoms with E-state index in [4.69, 9.17) is 0 Å². The quantitative estimate of drug-likeness (QED) is 0.623. The number of nitrogens with zero attached hydrogens (tertiary/aromatic N) is 2. The molecule has 0 aromatic heterocycles. The van der Waals surface area contributed by atoms with E-state index in [-0.39, 0.29) is 11.8 Å². The fourth-order valence-electron chi connectivity index (χ4n) is 4.69. The van der Waals surface area contributed by atoms with Crippen LogP contribution in [0.1, 0.15) is 22.3 Å². The first-order valence-corrected chi connectivity index (χ1v) is 11.3. The smallest absolute Gasteiger partial charge is 0.253 e. The van der Waals surface area contributed by atoms with Crippen molar-refractivity contribution in [3.63, 3.8) is 0 Å². The fraction of sp³-hybridized carbons (Fsp3) is 0.286. The number of amides is 2. The predicted octanol–water partition coefficient (Wildman–Crippen LogP) is 4.24. The SMILES string of the molecule is CNC(=O)[C@@]1(Cc2cccc(-c3ccccc3)c2)CCN(C(=O)c2ccc(N(C)C)cc2)C1. The van der Waals surface area contributed by atoms with E-state index in [9.17, 15) is 9.59 Å². The van der Waals surface area contributed by atoms with Gasteiger partial charge in [-0.2, -0.15) is 0 Å². The largest absolute Gasteiger partial charge is 0.378 e. The van der Waals surface area contributed by atoms with Gasteiger partial charge in [0.1, 0.15) is 0 Å². The number of nitrogens with one attached hydrogen (secondary N) is 1. The highest BCUT2D eigenvalue weighted by atomic mass is 16.2. The summed E-state index contributed by atoms with van der Waals surface area (Å²) in [4.78, 5) is 30.1. The summed E-state index contributed by atoms with van der Waals surface area (Å²) in [5, 5.41) is 2.85. The second-order valence-electron chi connectivity index (χ2n) is 9.02. The maximum Gasteiger partial charge on any atom is 0.253 e. The van der Waals surface area contributed by atoms with Crippen LogP contribution in [0.25, 0.3) is 11.1 Å². The van der Waals surface area contributed by atoms with Crippen molar-refractivity contribution in [1.29, 1.82) is 0 Å². The summed E-state index contributed by atoms with van der Waals surface area (Å²) in [6.45, 7) is 0.983. The summed E-state index contributed by atoms with van der Waals surface area (Å²) in [7, 11) is 5.62. The molecule has 5 heteroatoms. The van der Waals surface area contributed by atoms with Gasteiger partial charge in [0.2, 0.25) is 5.91 Å². The minimum Gasteiger partial charge on any atom is -0.378 e. The number of likely N-dealkylation sites (tertiary alicyclic amines) is 1. The maximum absolute atomic E-state index is 13.2. The van der Waals surface area contributed by atoms with Crippen LogP contribution in [0.3, 0.4) is 0 Å². The molecule has 4 rings (SSSR count). The number of carbonyl (C=O) groups is 2. The molecule has 3 aromatic carbocycles. The Balaban J connectivity index is 1.55. The van der Waals surface area contributed by atoms with Gasteiger partial charge in [-0.3, -0.25) is 9.59 Å². The number of benzene rings is 3. The van der Waals surface area contributed by atoms with Crippen LogP contribution in [-0.4, -0.2) is 50.9 Å². The van der Waals surface area contributed by atoms with E-state index in [0.717, 1.165) is 22.4 Å². The van der Waals surface area contributed by atoms with Gasteiger partial charge in [-0.25, -0.2) is 0 Å². The van der Waals surface area contributed by atoms with Crippen molar-refractivity contribution in [1.82, 2.24) is 10.2 Å². The normalized spacial score (nSPS) is 17.6. The second-order valence-corrected chi connectivity index (χ2v) is 9.02. The minimum atomic E-state index is -0.636. The first-order chi connectivity index (χ1) is 15.9. The molecule has 0 saturated carbocycles. The van der Waals surface area contributed by atoms with Gasteiger partial charge in [0, 0.05) is 45.5 Å². The number of carbonyl (C=O) groups excluding carboxylic acids is 2. The van der Waals surface area contributed by atoms with Gasteiger partial charge in [0.05, 0.1) is 5.41 Å². The van der Waals surface area contributed by atoms with Gasteiger partial charge in [0.25, 0.3) is 5.91 Å². The Hall–Kier alpha value is -3.60. The van der Waals surface area contributed by atoms with Gasteiger partial charge in [-0.1, -0.05) is 54.6 Å². The number of anilines is 1. The lowest BCUT2D eigenvalue weighted by atomic mass is 9.79. The van der Waals surface area contributed by atoms with E-state index in [2.05, 4.69) is 35.6 Å². The van der Waals surface area contributed by atoms with Crippen LogP contribution >= 0.6 is 0 Å². The molecular formula is C28H31N3O2. The Morgan fingerprint density at radius 2 is 1.64 bits per heavy atom. The summed E-state index contributed by atoms with van der Waals surface area (Å²) < 4.78 is 0. The summed E-state index contributed by atoms with van der Waals surface area (Å²) in [5.41, 5.74) is 4.45. The highest BCUT2D eigenvalue weighted by Gasteiger charge is 2.45. The fourth-order valence-corrected chi connectivity index (χ4v) is 4.69. The van der Waals surface area contributed by atoms with E-state index in [1.165, 1.54) is 0 Å². The van der Waals surface area contributed by atoms with Crippen LogP contribution < -0.4 is 10.2 Å². The van der Waals surface area contributed by atoms with E-state index in [1.807, 2.05) is 72.4 Å². The summed E-state index contributed by atoms with van der Waals surface area (Å²) >= 11 is 0. The molecule has 5 nitrogen and oxygen atoms in total. The average Bonchev–Trinajstić information content (AvgIpc) is 3.29. The third-order valence-electron chi connectivity index (χ3n) is 6.56. The number of hydrogen-bond acceptors (Lipinski definition) is 3. The maximum atomic E-state index is 13.2. The Bertz CT molecular complexity index is 1130. The first-order valence-electron chi connectivity index (χ1n) is 11.3. The van der Waals surface area contributed by atoms with E-state index >= 15 is 0 Å². The van der Waals surface area contributed by atoms with Crippen molar-refractivity contribution in [3.05, 3.63) is 90.0 Å². The zero-order valence-corrected chi connectivity index (χ0v) is 19.5. The van der Waals surface area contributed by atoms with Crippen molar-refractivity contribution in [3.8, 4) is 11.1 Å². The molecule has 0 radical (unpaired) electrons. The van der Waals surface area contributed by atoms with Gasteiger partial charge >= 0.3 is 0 Å². The van der Waals surface area contributed by atoms with Crippen LogP contribution in [0.5, 0.6) is 0 Å². The summed E-state index contributed by atoms with van der Waals surface area (Å²) in [5.74, 6) is -0.0324. The summed E-state index contributed by atoms with van der Waals surface area (Å²) in [6, 6.07) is 26.2. The van der Waals surface area contributed by atoms with Crippen LogP contribution in [0.15, 0.2) is 78.9 Å². The molecule has 0 aliphatic carbocycles. The second kappa shape index (κ2) is 9.49. The molecule has 1 N–H and O–H groups in total. The molecule has 1 heterocycles. The molecule has 33 heavy (non-hydrogen) atoms. The number of hydrogen-bond donors (Lipinski definition) is 1.